The van der Waals surface area contributed by atoms with E-state index in [2.05, 4.69) is 33.0 Å². The number of fused-ring (bicyclic) bond motifs is 1. The Kier molecular flexibility index (Phi) is 1.72. The minimum atomic E-state index is 0.640. The number of anilines is 1. The van der Waals surface area contributed by atoms with Crippen molar-refractivity contribution in [3.8, 4) is 0 Å². The predicted molar refractivity (Wildman–Crippen MR) is 56.7 cm³/mol. The Morgan fingerprint density at radius 3 is 3.09 bits per heavy atom. The van der Waals surface area contributed by atoms with Gasteiger partial charge in [0.25, 0.3) is 0 Å². The second kappa shape index (κ2) is 2.60. The van der Waals surface area contributed by atoms with Gasteiger partial charge < -0.3 is 5.73 Å². The largest absolute Gasteiger partial charge is 0.382 e. The summed E-state index contributed by atoms with van der Waals surface area (Å²) >= 11 is 3.72. The first kappa shape index (κ1) is 7.30. The van der Waals surface area contributed by atoms with E-state index in [1.165, 1.54) is 15.1 Å². The summed E-state index contributed by atoms with van der Waals surface area (Å²) in [6.07, 6.45) is 0. The number of benzene rings is 1. The molecule has 0 unspecified atom stereocenters. The quantitative estimate of drug-likeness (QED) is 0.751. The third kappa shape index (κ3) is 1.20. The van der Waals surface area contributed by atoms with Gasteiger partial charge in [-0.05, 0) is 52.3 Å². The second-order valence-electron chi connectivity index (χ2n) is 2.21. The summed E-state index contributed by atoms with van der Waals surface area (Å²) in [6.45, 7) is 0. The number of nitrogen functional groups attached to an aromatic ring is 1. The van der Waals surface area contributed by atoms with Crippen LogP contribution in [0.25, 0.3) is 10.1 Å². The molecule has 11 heavy (non-hydrogen) atoms. The molecule has 0 aliphatic heterocycles. The fraction of sp³-hybridized carbons (Fsp3) is 0. The topological polar surface area (TPSA) is 38.9 Å². The number of halogens is 1. The van der Waals surface area contributed by atoms with Crippen molar-refractivity contribution in [3.05, 3.63) is 21.8 Å². The number of aromatic nitrogens is 1. The van der Waals surface area contributed by atoms with Crippen molar-refractivity contribution in [2.24, 2.45) is 0 Å². The van der Waals surface area contributed by atoms with Crippen LogP contribution >= 0.6 is 34.1 Å². The molecule has 0 radical (unpaired) electrons. The molecular weight excluding hydrogens is 271 g/mol. The van der Waals surface area contributed by atoms with E-state index in [-0.39, 0.29) is 0 Å². The van der Waals surface area contributed by atoms with Crippen molar-refractivity contribution >= 4 is 50.0 Å². The van der Waals surface area contributed by atoms with Crippen molar-refractivity contribution in [2.45, 2.75) is 0 Å². The minimum Gasteiger partial charge on any atom is -0.382 e. The van der Waals surface area contributed by atoms with Crippen molar-refractivity contribution in [1.82, 2.24) is 4.37 Å². The lowest BCUT2D eigenvalue weighted by Gasteiger charge is -1.89. The van der Waals surface area contributed by atoms with Crippen LogP contribution in [0, 0.1) is 3.57 Å². The number of rotatable bonds is 0. The van der Waals surface area contributed by atoms with Crippen LogP contribution in [0.3, 0.4) is 0 Å². The Morgan fingerprint density at radius 1 is 1.45 bits per heavy atom. The maximum atomic E-state index is 5.62. The van der Waals surface area contributed by atoms with E-state index in [9.17, 15) is 0 Å². The first-order chi connectivity index (χ1) is 5.27. The van der Waals surface area contributed by atoms with Crippen LogP contribution in [-0.2, 0) is 0 Å². The lowest BCUT2D eigenvalue weighted by atomic mass is 10.3. The lowest BCUT2D eigenvalue weighted by Crippen LogP contribution is -1.82. The molecule has 56 valence electrons. The molecule has 2 rings (SSSR count). The molecule has 2 nitrogen and oxygen atoms in total. The standard InChI is InChI=1S/C7H5IN2S/c8-4-1-2-5-6(3-4)11-10-7(5)9/h1-3H,(H2,9,10). The molecule has 1 aromatic heterocycles. The maximum Gasteiger partial charge on any atom is 0.144 e. The average molecular weight is 276 g/mol. The van der Waals surface area contributed by atoms with Gasteiger partial charge in [-0.3, -0.25) is 0 Å². The SMILES string of the molecule is Nc1nsc2cc(I)ccc12. The first-order valence-electron chi connectivity index (χ1n) is 3.08. The molecule has 0 saturated carbocycles. The van der Waals surface area contributed by atoms with Crippen molar-refractivity contribution in [2.75, 3.05) is 5.73 Å². The van der Waals surface area contributed by atoms with Gasteiger partial charge >= 0.3 is 0 Å². The summed E-state index contributed by atoms with van der Waals surface area (Å²) in [5.74, 6) is 0.640. The van der Waals surface area contributed by atoms with Gasteiger partial charge in [0.1, 0.15) is 5.82 Å². The summed E-state index contributed by atoms with van der Waals surface area (Å²) in [6, 6.07) is 6.13. The molecule has 0 saturated heterocycles. The highest BCUT2D eigenvalue weighted by Gasteiger charge is 2.01. The lowest BCUT2D eigenvalue weighted by molar-refractivity contribution is 1.58. The molecule has 0 aliphatic carbocycles. The van der Waals surface area contributed by atoms with Crippen LogP contribution in [0.15, 0.2) is 18.2 Å². The van der Waals surface area contributed by atoms with E-state index >= 15 is 0 Å². The summed E-state index contributed by atoms with van der Waals surface area (Å²) in [4.78, 5) is 0. The normalized spacial score (nSPS) is 10.6. The molecule has 0 aliphatic rings. The zero-order valence-corrected chi connectivity index (χ0v) is 8.52. The molecule has 1 aromatic carbocycles. The molecule has 0 amide bonds. The molecule has 0 fully saturated rings. The minimum absolute atomic E-state index is 0.640. The fourth-order valence-electron chi connectivity index (χ4n) is 0.931. The zero-order valence-electron chi connectivity index (χ0n) is 5.54. The smallest absolute Gasteiger partial charge is 0.144 e. The summed E-state index contributed by atoms with van der Waals surface area (Å²) < 4.78 is 6.44. The van der Waals surface area contributed by atoms with Gasteiger partial charge in [0.05, 0.1) is 4.70 Å². The van der Waals surface area contributed by atoms with E-state index < -0.39 is 0 Å². The number of hydrogen-bond acceptors (Lipinski definition) is 3. The van der Waals surface area contributed by atoms with Crippen LogP contribution in [0.2, 0.25) is 0 Å². The summed E-state index contributed by atoms with van der Waals surface area (Å²) in [7, 11) is 0. The number of hydrogen-bond donors (Lipinski definition) is 1. The molecule has 1 heterocycles. The van der Waals surface area contributed by atoms with Gasteiger partial charge in [-0.25, -0.2) is 0 Å². The first-order valence-corrected chi connectivity index (χ1v) is 4.93. The van der Waals surface area contributed by atoms with E-state index in [0.717, 1.165) is 10.1 Å². The van der Waals surface area contributed by atoms with Crippen LogP contribution in [-0.4, -0.2) is 4.37 Å². The third-order valence-corrected chi connectivity index (χ3v) is 2.96. The van der Waals surface area contributed by atoms with E-state index in [0.29, 0.717) is 5.82 Å². The molecule has 4 heteroatoms. The van der Waals surface area contributed by atoms with Crippen molar-refractivity contribution in [1.29, 1.82) is 0 Å². The Balaban J connectivity index is 2.86. The predicted octanol–water partition coefficient (Wildman–Crippen LogP) is 2.48. The molecule has 2 N–H and O–H groups in total. The molecule has 0 atom stereocenters. The van der Waals surface area contributed by atoms with Crippen molar-refractivity contribution in [3.63, 3.8) is 0 Å². The number of nitrogens with two attached hydrogens (primary N) is 1. The van der Waals surface area contributed by atoms with Gasteiger partial charge in [0.2, 0.25) is 0 Å². The molecular formula is C7H5IN2S. The monoisotopic (exact) mass is 276 g/mol. The van der Waals surface area contributed by atoms with Gasteiger partial charge in [0.15, 0.2) is 0 Å². The Labute approximate surface area is 81.7 Å². The van der Waals surface area contributed by atoms with Crippen molar-refractivity contribution < 1.29 is 0 Å². The van der Waals surface area contributed by atoms with Gasteiger partial charge in [-0.2, -0.15) is 4.37 Å². The van der Waals surface area contributed by atoms with Crippen LogP contribution < -0.4 is 5.73 Å². The van der Waals surface area contributed by atoms with Crippen LogP contribution in [0.5, 0.6) is 0 Å². The van der Waals surface area contributed by atoms with Gasteiger partial charge in [-0.1, -0.05) is 0 Å². The van der Waals surface area contributed by atoms with Gasteiger partial charge in [0, 0.05) is 8.96 Å². The van der Waals surface area contributed by atoms with E-state index in [1.54, 1.807) is 0 Å². The summed E-state index contributed by atoms with van der Waals surface area (Å²) in [5.41, 5.74) is 5.62. The van der Waals surface area contributed by atoms with Crippen LogP contribution in [0.1, 0.15) is 0 Å². The molecule has 2 aromatic rings. The summed E-state index contributed by atoms with van der Waals surface area (Å²) in [5, 5.41) is 1.07. The zero-order chi connectivity index (χ0) is 7.84. The third-order valence-electron chi connectivity index (χ3n) is 1.46. The number of nitrogens with zero attached hydrogens (tertiary/aromatic N) is 1. The molecule has 0 spiro atoms. The second-order valence-corrected chi connectivity index (χ2v) is 4.26. The Bertz CT molecular complexity index is 396. The highest BCUT2D eigenvalue weighted by atomic mass is 127. The molecule has 0 bridgehead atoms. The van der Waals surface area contributed by atoms with Gasteiger partial charge in [-0.15, -0.1) is 0 Å². The highest BCUT2D eigenvalue weighted by molar-refractivity contribution is 14.1. The van der Waals surface area contributed by atoms with E-state index in [1.807, 2.05) is 12.1 Å². The maximum absolute atomic E-state index is 5.62. The van der Waals surface area contributed by atoms with Crippen LogP contribution in [0.4, 0.5) is 5.82 Å². The fourth-order valence-corrected chi connectivity index (χ4v) is 2.38. The highest BCUT2D eigenvalue weighted by Crippen LogP contribution is 2.25. The van der Waals surface area contributed by atoms with E-state index in [4.69, 9.17) is 5.73 Å². The Morgan fingerprint density at radius 2 is 2.27 bits per heavy atom. The average Bonchev–Trinajstić information content (AvgIpc) is 2.32. The Hall–Kier alpha value is -0.360.